The highest BCUT2D eigenvalue weighted by molar-refractivity contribution is 6.17. The van der Waals surface area contributed by atoms with Crippen molar-refractivity contribution in [3.63, 3.8) is 0 Å². The minimum atomic E-state index is 0.700. The lowest BCUT2D eigenvalue weighted by atomic mass is 10.2. The Morgan fingerprint density at radius 2 is 2.56 bits per heavy atom. The molecule has 1 aromatic heterocycles. The number of rotatable bonds is 3. The average Bonchev–Trinajstić information content (AvgIpc) is 2.34. The predicted octanol–water partition coefficient (Wildman–Crippen LogP) is 1.85. The second kappa shape index (κ2) is 3.51. The van der Waals surface area contributed by atoms with Gasteiger partial charge >= 0.3 is 0 Å². The first-order valence-electron chi connectivity index (χ1n) is 2.87. The van der Waals surface area contributed by atoms with Gasteiger partial charge in [0.25, 0.3) is 0 Å². The molecule has 0 saturated heterocycles. The highest BCUT2D eigenvalue weighted by Gasteiger charge is 1.92. The van der Waals surface area contributed by atoms with Gasteiger partial charge in [-0.3, -0.25) is 0 Å². The van der Waals surface area contributed by atoms with Gasteiger partial charge in [-0.25, -0.2) is 0 Å². The molecule has 0 aliphatic heterocycles. The zero-order valence-electron chi connectivity index (χ0n) is 5.01. The van der Waals surface area contributed by atoms with E-state index >= 15 is 0 Å². The number of aryl methyl sites for hydroxylation is 1. The van der Waals surface area contributed by atoms with Crippen molar-refractivity contribution in [1.29, 1.82) is 0 Å². The molecule has 0 atom stereocenters. The molecule has 3 heteroatoms. The van der Waals surface area contributed by atoms with E-state index in [1.54, 1.807) is 12.5 Å². The fraction of sp³-hybridized carbons (Fsp3) is 0.500. The van der Waals surface area contributed by atoms with Crippen LogP contribution < -0.4 is 0 Å². The van der Waals surface area contributed by atoms with Crippen LogP contribution in [0.5, 0.6) is 0 Å². The van der Waals surface area contributed by atoms with Crippen molar-refractivity contribution < 1.29 is 4.52 Å². The molecule has 50 valence electrons. The summed E-state index contributed by atoms with van der Waals surface area (Å²) in [6, 6.07) is 0. The van der Waals surface area contributed by atoms with Gasteiger partial charge < -0.3 is 4.52 Å². The molecule has 0 radical (unpaired) electrons. The van der Waals surface area contributed by atoms with Gasteiger partial charge in [-0.2, -0.15) is 0 Å². The summed E-state index contributed by atoms with van der Waals surface area (Å²) in [5.74, 6) is 0.700. The van der Waals surface area contributed by atoms with Gasteiger partial charge in [0.1, 0.15) is 6.26 Å². The molecule has 0 saturated carbocycles. The quantitative estimate of drug-likeness (QED) is 0.607. The third-order valence-electron chi connectivity index (χ3n) is 1.08. The van der Waals surface area contributed by atoms with E-state index in [4.69, 9.17) is 11.6 Å². The summed E-state index contributed by atoms with van der Waals surface area (Å²) in [7, 11) is 0. The second-order valence-corrected chi connectivity index (χ2v) is 2.20. The minimum Gasteiger partial charge on any atom is -0.364 e. The van der Waals surface area contributed by atoms with Gasteiger partial charge in [0.05, 0.1) is 6.20 Å². The Morgan fingerprint density at radius 1 is 1.67 bits per heavy atom. The van der Waals surface area contributed by atoms with Crippen molar-refractivity contribution in [3.8, 4) is 0 Å². The third kappa shape index (κ3) is 2.06. The Bertz CT molecular complexity index is 150. The largest absolute Gasteiger partial charge is 0.364 e. The van der Waals surface area contributed by atoms with Crippen LogP contribution in [0.1, 0.15) is 12.0 Å². The van der Waals surface area contributed by atoms with E-state index in [2.05, 4.69) is 9.68 Å². The summed E-state index contributed by atoms with van der Waals surface area (Å²) in [5, 5.41) is 3.56. The Hall–Kier alpha value is -0.500. The van der Waals surface area contributed by atoms with Crippen molar-refractivity contribution in [2.45, 2.75) is 12.8 Å². The van der Waals surface area contributed by atoms with Crippen LogP contribution in [0.4, 0.5) is 0 Å². The van der Waals surface area contributed by atoms with E-state index in [0.717, 1.165) is 18.4 Å². The van der Waals surface area contributed by atoms with Crippen molar-refractivity contribution in [1.82, 2.24) is 5.16 Å². The highest BCUT2D eigenvalue weighted by Crippen LogP contribution is 2.00. The number of nitrogens with zero attached hydrogens (tertiary/aromatic N) is 1. The molecule has 1 aromatic rings. The minimum absolute atomic E-state index is 0.700. The molecule has 0 aromatic carbocycles. The van der Waals surface area contributed by atoms with Gasteiger partial charge in [-0.1, -0.05) is 5.16 Å². The summed E-state index contributed by atoms with van der Waals surface area (Å²) in [6.45, 7) is 0. The number of hydrogen-bond donors (Lipinski definition) is 0. The van der Waals surface area contributed by atoms with Crippen LogP contribution in [0.25, 0.3) is 0 Å². The Balaban J connectivity index is 2.30. The van der Waals surface area contributed by atoms with Gasteiger partial charge in [-0.15, -0.1) is 11.6 Å². The summed E-state index contributed by atoms with van der Waals surface area (Å²) in [5.41, 5.74) is 1.12. The van der Waals surface area contributed by atoms with E-state index in [9.17, 15) is 0 Å². The maximum atomic E-state index is 5.47. The van der Waals surface area contributed by atoms with Gasteiger partial charge in [-0.05, 0) is 12.8 Å². The average molecular weight is 146 g/mol. The first-order chi connectivity index (χ1) is 4.43. The number of hydrogen-bond acceptors (Lipinski definition) is 2. The Labute approximate surface area is 58.8 Å². The number of aromatic nitrogens is 1. The first kappa shape index (κ1) is 6.62. The van der Waals surface area contributed by atoms with E-state index in [1.807, 2.05) is 0 Å². The fourth-order valence-electron chi connectivity index (χ4n) is 0.621. The second-order valence-electron chi connectivity index (χ2n) is 1.83. The summed E-state index contributed by atoms with van der Waals surface area (Å²) in [4.78, 5) is 0. The summed E-state index contributed by atoms with van der Waals surface area (Å²) < 4.78 is 4.62. The van der Waals surface area contributed by atoms with Gasteiger partial charge in [0.15, 0.2) is 0 Å². The molecule has 0 unspecified atom stereocenters. The van der Waals surface area contributed by atoms with Crippen LogP contribution in [0.15, 0.2) is 17.0 Å². The predicted molar refractivity (Wildman–Crippen MR) is 35.5 cm³/mol. The van der Waals surface area contributed by atoms with Crippen LogP contribution in [-0.4, -0.2) is 11.0 Å². The van der Waals surface area contributed by atoms with Gasteiger partial charge in [0, 0.05) is 11.4 Å². The van der Waals surface area contributed by atoms with E-state index in [0.29, 0.717) is 5.88 Å². The lowest BCUT2D eigenvalue weighted by Crippen LogP contribution is -1.81. The molecule has 9 heavy (non-hydrogen) atoms. The fourth-order valence-corrected chi connectivity index (χ4v) is 0.755. The third-order valence-corrected chi connectivity index (χ3v) is 1.35. The molecule has 0 amide bonds. The maximum absolute atomic E-state index is 5.47. The molecule has 0 aliphatic carbocycles. The van der Waals surface area contributed by atoms with Crippen molar-refractivity contribution in [2.24, 2.45) is 0 Å². The molecular weight excluding hydrogens is 138 g/mol. The summed E-state index contributed by atoms with van der Waals surface area (Å²) in [6.07, 6.45) is 5.31. The van der Waals surface area contributed by atoms with Gasteiger partial charge in [0.2, 0.25) is 0 Å². The molecule has 0 bridgehead atoms. The zero-order chi connectivity index (χ0) is 6.53. The molecule has 1 heterocycles. The van der Waals surface area contributed by atoms with Crippen LogP contribution in [-0.2, 0) is 6.42 Å². The maximum Gasteiger partial charge on any atom is 0.126 e. The van der Waals surface area contributed by atoms with Crippen LogP contribution >= 0.6 is 11.6 Å². The Kier molecular flexibility index (Phi) is 2.58. The summed E-state index contributed by atoms with van der Waals surface area (Å²) >= 11 is 5.47. The molecule has 0 N–H and O–H groups in total. The van der Waals surface area contributed by atoms with E-state index in [1.165, 1.54) is 0 Å². The van der Waals surface area contributed by atoms with E-state index in [-0.39, 0.29) is 0 Å². The molecule has 0 spiro atoms. The lowest BCUT2D eigenvalue weighted by molar-refractivity contribution is 0.419. The highest BCUT2D eigenvalue weighted by atomic mass is 35.5. The van der Waals surface area contributed by atoms with Crippen LogP contribution in [0.2, 0.25) is 0 Å². The number of alkyl halides is 1. The van der Waals surface area contributed by atoms with Crippen molar-refractivity contribution in [3.05, 3.63) is 18.0 Å². The zero-order valence-corrected chi connectivity index (χ0v) is 5.77. The van der Waals surface area contributed by atoms with Crippen LogP contribution in [0, 0.1) is 0 Å². The van der Waals surface area contributed by atoms with Crippen molar-refractivity contribution in [2.75, 3.05) is 5.88 Å². The first-order valence-corrected chi connectivity index (χ1v) is 3.41. The molecular formula is C6H8ClNO. The monoisotopic (exact) mass is 145 g/mol. The number of halogens is 1. The molecule has 0 aliphatic rings. The SMILES string of the molecule is ClCCCc1cnoc1. The standard InChI is InChI=1S/C6H8ClNO/c7-3-1-2-6-4-8-9-5-6/h4-5H,1-3H2. The molecule has 0 fully saturated rings. The van der Waals surface area contributed by atoms with Crippen molar-refractivity contribution >= 4 is 11.6 Å². The Morgan fingerprint density at radius 3 is 3.11 bits per heavy atom. The normalized spacial score (nSPS) is 9.89. The smallest absolute Gasteiger partial charge is 0.126 e. The van der Waals surface area contributed by atoms with Crippen LogP contribution in [0.3, 0.4) is 0 Å². The van der Waals surface area contributed by atoms with E-state index < -0.39 is 0 Å². The molecule has 1 rings (SSSR count). The lowest BCUT2D eigenvalue weighted by Gasteiger charge is -1.87. The topological polar surface area (TPSA) is 26.0 Å². The molecule has 2 nitrogen and oxygen atoms in total.